The molecule has 8 heteroatoms. The Morgan fingerprint density at radius 1 is 1.45 bits per heavy atom. The van der Waals surface area contributed by atoms with Crippen molar-refractivity contribution in [3.63, 3.8) is 0 Å². The fourth-order valence-corrected chi connectivity index (χ4v) is 2.67. The van der Waals surface area contributed by atoms with E-state index in [4.69, 9.17) is 4.42 Å². The number of nitrogens with zero attached hydrogens (tertiary/aromatic N) is 3. The second kappa shape index (κ2) is 5.68. The van der Waals surface area contributed by atoms with E-state index in [0.29, 0.717) is 10.8 Å². The zero-order valence-electron chi connectivity index (χ0n) is 10.7. The fraction of sp³-hybridized carbons (Fsp3) is 0.500. The summed E-state index contributed by atoms with van der Waals surface area (Å²) in [5.41, 5.74) is 0. The minimum Gasteiger partial charge on any atom is -0.398 e. The number of nitro groups is 1. The molecule has 0 unspecified atom stereocenters. The van der Waals surface area contributed by atoms with Gasteiger partial charge in [0, 0.05) is 12.5 Å². The minimum absolute atomic E-state index is 0.273. The highest BCUT2D eigenvalue weighted by Crippen LogP contribution is 2.28. The van der Waals surface area contributed by atoms with Crippen LogP contribution in [0.5, 0.6) is 0 Å². The molecule has 1 fully saturated rings. The summed E-state index contributed by atoms with van der Waals surface area (Å²) in [6.45, 7) is 0.992. The van der Waals surface area contributed by atoms with Gasteiger partial charge in [-0.1, -0.05) is 11.3 Å². The van der Waals surface area contributed by atoms with Crippen molar-refractivity contribution in [2.24, 2.45) is 0 Å². The van der Waals surface area contributed by atoms with Crippen molar-refractivity contribution in [3.05, 3.63) is 27.3 Å². The predicted molar refractivity (Wildman–Crippen MR) is 73.6 cm³/mol. The molecule has 7 nitrogen and oxygen atoms in total. The first kappa shape index (κ1) is 13.2. The van der Waals surface area contributed by atoms with Gasteiger partial charge in [-0.3, -0.25) is 10.1 Å². The van der Waals surface area contributed by atoms with Crippen molar-refractivity contribution in [1.29, 1.82) is 0 Å². The van der Waals surface area contributed by atoms with E-state index in [1.807, 2.05) is 0 Å². The molecule has 1 saturated carbocycles. The Bertz CT molecular complexity index is 605. The van der Waals surface area contributed by atoms with Gasteiger partial charge in [-0.25, -0.2) is 0 Å². The summed E-state index contributed by atoms with van der Waals surface area (Å²) < 4.78 is 5.11. The first-order valence-electron chi connectivity index (χ1n) is 6.53. The maximum atomic E-state index is 10.6. The summed E-state index contributed by atoms with van der Waals surface area (Å²) in [7, 11) is 0. The first-order valence-corrected chi connectivity index (χ1v) is 7.34. The summed E-state index contributed by atoms with van der Waals surface area (Å²) in [5.74, 6) is 0.127. The van der Waals surface area contributed by atoms with Crippen LogP contribution in [0.1, 0.15) is 24.3 Å². The lowest BCUT2D eigenvalue weighted by Crippen LogP contribution is -2.17. The molecule has 1 aliphatic rings. The molecule has 0 bridgehead atoms. The zero-order valence-corrected chi connectivity index (χ0v) is 11.6. The second-order valence-corrected chi connectivity index (χ2v) is 5.79. The van der Waals surface area contributed by atoms with Crippen molar-refractivity contribution in [1.82, 2.24) is 15.5 Å². The molecule has 1 aliphatic carbocycles. The molecule has 106 valence electrons. The molecule has 20 heavy (non-hydrogen) atoms. The van der Waals surface area contributed by atoms with Crippen LogP contribution in [0.25, 0.3) is 10.8 Å². The average molecular weight is 294 g/mol. The molecule has 0 aromatic carbocycles. The quantitative estimate of drug-likeness (QED) is 0.478. The van der Waals surface area contributed by atoms with Gasteiger partial charge in [-0.15, -0.1) is 10.2 Å². The number of aryl methyl sites for hydroxylation is 1. The van der Waals surface area contributed by atoms with Gasteiger partial charge in [0.1, 0.15) is 9.93 Å². The van der Waals surface area contributed by atoms with E-state index in [0.717, 1.165) is 30.4 Å². The van der Waals surface area contributed by atoms with Crippen LogP contribution in [0, 0.1) is 10.1 Å². The van der Waals surface area contributed by atoms with Crippen LogP contribution in [0.2, 0.25) is 0 Å². The lowest BCUT2D eigenvalue weighted by atomic mass is 10.3. The molecule has 1 N–H and O–H groups in total. The number of nitrogens with one attached hydrogen (secondary N) is 1. The maximum Gasteiger partial charge on any atom is 0.433 e. The summed E-state index contributed by atoms with van der Waals surface area (Å²) in [4.78, 5) is 10.00. The van der Waals surface area contributed by atoms with Gasteiger partial charge in [-0.05, 0) is 31.9 Å². The van der Waals surface area contributed by atoms with E-state index in [1.165, 1.54) is 30.2 Å². The highest BCUT2D eigenvalue weighted by molar-refractivity contribution is 7.14. The SMILES string of the molecule is O=[N+]([O-])c1ccc(-c2nnc(CCCNC3CC3)s2)o1. The van der Waals surface area contributed by atoms with Crippen LogP contribution in [-0.2, 0) is 6.42 Å². The van der Waals surface area contributed by atoms with E-state index in [-0.39, 0.29) is 5.88 Å². The molecule has 0 atom stereocenters. The van der Waals surface area contributed by atoms with Gasteiger partial charge in [0.05, 0.1) is 6.07 Å². The molecule has 2 aromatic heterocycles. The van der Waals surface area contributed by atoms with Gasteiger partial charge in [0.2, 0.25) is 0 Å². The zero-order chi connectivity index (χ0) is 13.9. The Morgan fingerprint density at radius 3 is 3.00 bits per heavy atom. The third-order valence-electron chi connectivity index (χ3n) is 3.03. The Morgan fingerprint density at radius 2 is 2.30 bits per heavy atom. The predicted octanol–water partition coefficient (Wildman–Crippen LogP) is 2.39. The Labute approximate surface area is 119 Å². The third-order valence-corrected chi connectivity index (χ3v) is 4.02. The minimum atomic E-state index is -0.561. The summed E-state index contributed by atoms with van der Waals surface area (Å²) in [6.07, 6.45) is 4.46. The number of hydrogen-bond donors (Lipinski definition) is 1. The largest absolute Gasteiger partial charge is 0.433 e. The van der Waals surface area contributed by atoms with Crippen molar-refractivity contribution in [2.45, 2.75) is 31.7 Å². The summed E-state index contributed by atoms with van der Waals surface area (Å²) >= 11 is 1.42. The van der Waals surface area contributed by atoms with E-state index in [9.17, 15) is 10.1 Å². The monoisotopic (exact) mass is 294 g/mol. The van der Waals surface area contributed by atoms with Crippen LogP contribution in [0.15, 0.2) is 16.5 Å². The Hall–Kier alpha value is -1.80. The van der Waals surface area contributed by atoms with Crippen LogP contribution in [0.4, 0.5) is 5.88 Å². The highest BCUT2D eigenvalue weighted by atomic mass is 32.1. The number of aromatic nitrogens is 2. The fourth-order valence-electron chi connectivity index (χ4n) is 1.83. The smallest absolute Gasteiger partial charge is 0.398 e. The van der Waals surface area contributed by atoms with E-state index in [1.54, 1.807) is 6.07 Å². The number of hydrogen-bond acceptors (Lipinski definition) is 7. The topological polar surface area (TPSA) is 94.1 Å². The normalized spacial score (nSPS) is 14.6. The van der Waals surface area contributed by atoms with Gasteiger partial charge >= 0.3 is 5.88 Å². The van der Waals surface area contributed by atoms with Gasteiger partial charge < -0.3 is 9.73 Å². The Kier molecular flexibility index (Phi) is 3.75. The molecule has 0 amide bonds. The lowest BCUT2D eigenvalue weighted by molar-refractivity contribution is -0.401. The molecule has 2 aromatic rings. The summed E-state index contributed by atoms with van der Waals surface area (Å²) in [5, 5.41) is 23.6. The average Bonchev–Trinajstić information content (AvgIpc) is 2.93. The van der Waals surface area contributed by atoms with Crippen molar-refractivity contribution in [2.75, 3.05) is 6.54 Å². The van der Waals surface area contributed by atoms with Gasteiger partial charge in [0.25, 0.3) is 0 Å². The lowest BCUT2D eigenvalue weighted by Gasteiger charge is -1.99. The van der Waals surface area contributed by atoms with E-state index < -0.39 is 4.92 Å². The van der Waals surface area contributed by atoms with Crippen molar-refractivity contribution >= 4 is 17.2 Å². The third kappa shape index (κ3) is 3.20. The molecule has 3 rings (SSSR count). The van der Waals surface area contributed by atoms with Crippen LogP contribution < -0.4 is 5.32 Å². The highest BCUT2D eigenvalue weighted by Gasteiger charge is 2.20. The molecule has 0 spiro atoms. The second-order valence-electron chi connectivity index (χ2n) is 4.73. The van der Waals surface area contributed by atoms with Crippen molar-refractivity contribution < 1.29 is 9.34 Å². The molecule has 0 radical (unpaired) electrons. The Balaban J connectivity index is 1.55. The molecule has 0 saturated heterocycles. The number of furan rings is 1. The van der Waals surface area contributed by atoms with E-state index in [2.05, 4.69) is 15.5 Å². The van der Waals surface area contributed by atoms with Gasteiger partial charge in [0.15, 0.2) is 10.8 Å². The van der Waals surface area contributed by atoms with Crippen LogP contribution >= 0.6 is 11.3 Å². The van der Waals surface area contributed by atoms with Gasteiger partial charge in [-0.2, -0.15) is 0 Å². The first-order chi connectivity index (χ1) is 9.72. The molecule has 2 heterocycles. The van der Waals surface area contributed by atoms with Crippen LogP contribution in [0.3, 0.4) is 0 Å². The van der Waals surface area contributed by atoms with Crippen molar-refractivity contribution in [3.8, 4) is 10.8 Å². The van der Waals surface area contributed by atoms with E-state index >= 15 is 0 Å². The maximum absolute atomic E-state index is 10.6. The van der Waals surface area contributed by atoms with Crippen LogP contribution in [-0.4, -0.2) is 27.7 Å². The molecular formula is C12H14N4O3S. The summed E-state index contributed by atoms with van der Waals surface area (Å²) in [6, 6.07) is 3.61. The molecule has 0 aliphatic heterocycles. The standard InChI is InChI=1S/C12H14N4O3S/c17-16(18)11-6-5-9(19-11)12-15-14-10(20-12)2-1-7-13-8-3-4-8/h5-6,8,13H,1-4,7H2. The molecular weight excluding hydrogens is 280 g/mol. The number of rotatable bonds is 7.